The summed E-state index contributed by atoms with van der Waals surface area (Å²) in [7, 11) is 0. The highest BCUT2D eigenvalue weighted by Gasteiger charge is 2.50. The number of aromatic nitrogens is 2. The van der Waals surface area contributed by atoms with Crippen molar-refractivity contribution in [1.82, 2.24) is 14.9 Å². The SMILES string of the molecule is Cc1cccc2c1CCC21CCc2c(nc(OC[C@@]34CCCN3C[C@H](F)C4)nc2N2CCC[C@@](C)(O)C2)C1. The van der Waals surface area contributed by atoms with E-state index < -0.39 is 11.8 Å². The van der Waals surface area contributed by atoms with Crippen molar-refractivity contribution in [2.75, 3.05) is 37.7 Å². The number of halogens is 1. The Morgan fingerprint density at radius 3 is 2.74 bits per heavy atom. The van der Waals surface area contributed by atoms with Gasteiger partial charge in [-0.15, -0.1) is 0 Å². The molecule has 3 aliphatic heterocycles. The lowest BCUT2D eigenvalue weighted by molar-refractivity contribution is 0.0445. The molecule has 1 N–H and O–H groups in total. The molecule has 1 aromatic carbocycles. The van der Waals surface area contributed by atoms with Crippen LogP contribution in [0.5, 0.6) is 6.01 Å². The normalized spacial score (nSPS) is 34.4. The van der Waals surface area contributed by atoms with Crippen LogP contribution in [-0.2, 0) is 24.7 Å². The summed E-state index contributed by atoms with van der Waals surface area (Å²) in [5.74, 6) is 0.942. The van der Waals surface area contributed by atoms with E-state index in [1.807, 2.05) is 6.92 Å². The summed E-state index contributed by atoms with van der Waals surface area (Å²) in [6.45, 7) is 7.53. The van der Waals surface area contributed by atoms with Gasteiger partial charge in [0.25, 0.3) is 0 Å². The summed E-state index contributed by atoms with van der Waals surface area (Å²) in [5.41, 5.74) is 5.94. The van der Waals surface area contributed by atoms with Crippen molar-refractivity contribution in [2.45, 2.75) is 101 Å². The molecule has 7 heteroatoms. The fourth-order valence-corrected chi connectivity index (χ4v) is 8.52. The lowest BCUT2D eigenvalue weighted by Crippen LogP contribution is -2.47. The van der Waals surface area contributed by atoms with Gasteiger partial charge in [-0.05, 0) is 94.9 Å². The van der Waals surface area contributed by atoms with Gasteiger partial charge in [0, 0.05) is 37.0 Å². The Balaban J connectivity index is 1.24. The van der Waals surface area contributed by atoms with Crippen LogP contribution < -0.4 is 9.64 Å². The van der Waals surface area contributed by atoms with E-state index in [-0.39, 0.29) is 11.0 Å². The molecular weight excluding hydrogens is 479 g/mol. The van der Waals surface area contributed by atoms with E-state index >= 15 is 0 Å². The zero-order valence-electron chi connectivity index (χ0n) is 22.9. The average molecular weight is 521 g/mol. The largest absolute Gasteiger partial charge is 0.461 e. The number of ether oxygens (including phenoxy) is 1. The molecule has 3 saturated heterocycles. The molecule has 0 bridgehead atoms. The van der Waals surface area contributed by atoms with E-state index in [4.69, 9.17) is 14.7 Å². The minimum atomic E-state index is -0.778. The van der Waals surface area contributed by atoms with E-state index in [1.165, 1.54) is 22.3 Å². The number of fused-ring (bicyclic) bond motifs is 4. The van der Waals surface area contributed by atoms with Gasteiger partial charge in [0.05, 0.1) is 16.8 Å². The first-order valence-corrected chi connectivity index (χ1v) is 14.7. The molecule has 0 saturated carbocycles. The Kier molecular flexibility index (Phi) is 5.79. The number of alkyl halides is 1. The van der Waals surface area contributed by atoms with Crippen LogP contribution in [0.4, 0.5) is 10.2 Å². The van der Waals surface area contributed by atoms with Gasteiger partial charge in [-0.3, -0.25) is 4.90 Å². The van der Waals surface area contributed by atoms with Crippen LogP contribution in [-0.4, -0.2) is 70.1 Å². The Hall–Kier alpha value is -2.25. The van der Waals surface area contributed by atoms with Crippen LogP contribution in [0.15, 0.2) is 18.2 Å². The maximum absolute atomic E-state index is 14.4. The second-order valence-electron chi connectivity index (χ2n) is 13.2. The van der Waals surface area contributed by atoms with Gasteiger partial charge >= 0.3 is 6.01 Å². The summed E-state index contributed by atoms with van der Waals surface area (Å²) in [6, 6.07) is 7.20. The van der Waals surface area contributed by atoms with Crippen LogP contribution in [0, 0.1) is 6.92 Å². The van der Waals surface area contributed by atoms with Crippen molar-refractivity contribution in [3.05, 3.63) is 46.1 Å². The van der Waals surface area contributed by atoms with Gasteiger partial charge in [0.2, 0.25) is 0 Å². The molecule has 1 unspecified atom stereocenters. The first-order chi connectivity index (χ1) is 18.3. The minimum absolute atomic E-state index is 0.123. The number of aliphatic hydroxyl groups is 1. The summed E-state index contributed by atoms with van der Waals surface area (Å²) < 4.78 is 20.8. The van der Waals surface area contributed by atoms with Crippen molar-refractivity contribution in [1.29, 1.82) is 0 Å². The zero-order chi connectivity index (χ0) is 26.1. The summed E-state index contributed by atoms with van der Waals surface area (Å²) >= 11 is 0. The van der Waals surface area contributed by atoms with E-state index in [0.29, 0.717) is 32.1 Å². The molecule has 0 amide bonds. The summed E-state index contributed by atoms with van der Waals surface area (Å²) in [6.07, 6.45) is 8.82. The van der Waals surface area contributed by atoms with Crippen LogP contribution in [0.1, 0.15) is 79.8 Å². The smallest absolute Gasteiger partial charge is 0.318 e. The van der Waals surface area contributed by atoms with Gasteiger partial charge < -0.3 is 14.7 Å². The highest BCUT2D eigenvalue weighted by atomic mass is 19.1. The molecule has 6 nitrogen and oxygen atoms in total. The number of β-amino-alcohol motifs (C(OH)–C–C–N with tert-alkyl or cyclic N) is 1. The summed E-state index contributed by atoms with van der Waals surface area (Å²) in [4.78, 5) is 14.6. The lowest BCUT2D eigenvalue weighted by Gasteiger charge is -2.41. The number of rotatable bonds is 4. The van der Waals surface area contributed by atoms with Crippen LogP contribution >= 0.6 is 0 Å². The van der Waals surface area contributed by atoms with Gasteiger partial charge in [-0.2, -0.15) is 9.97 Å². The molecule has 1 aromatic heterocycles. The number of anilines is 1. The Labute approximate surface area is 225 Å². The fourth-order valence-electron chi connectivity index (χ4n) is 8.52. The lowest BCUT2D eigenvalue weighted by atomic mass is 9.69. The Bertz CT molecular complexity index is 1250. The minimum Gasteiger partial charge on any atom is -0.461 e. The number of aryl methyl sites for hydroxylation is 1. The number of hydrogen-bond donors (Lipinski definition) is 1. The zero-order valence-corrected chi connectivity index (χ0v) is 22.9. The van der Waals surface area contributed by atoms with Crippen molar-refractivity contribution < 1.29 is 14.2 Å². The summed E-state index contributed by atoms with van der Waals surface area (Å²) in [5, 5.41) is 10.9. The molecule has 0 radical (unpaired) electrons. The third kappa shape index (κ3) is 4.03. The highest BCUT2D eigenvalue weighted by molar-refractivity contribution is 5.55. The van der Waals surface area contributed by atoms with E-state index in [9.17, 15) is 9.50 Å². The van der Waals surface area contributed by atoms with Crippen LogP contribution in [0.3, 0.4) is 0 Å². The Morgan fingerprint density at radius 2 is 1.89 bits per heavy atom. The molecular formula is C31H41FN4O2. The number of nitrogens with zero attached hydrogens (tertiary/aromatic N) is 4. The maximum atomic E-state index is 14.4. The molecule has 38 heavy (non-hydrogen) atoms. The maximum Gasteiger partial charge on any atom is 0.318 e. The topological polar surface area (TPSA) is 61.7 Å². The van der Waals surface area contributed by atoms with Gasteiger partial charge in [0.15, 0.2) is 0 Å². The first kappa shape index (κ1) is 24.8. The van der Waals surface area contributed by atoms with Gasteiger partial charge in [-0.1, -0.05) is 18.2 Å². The van der Waals surface area contributed by atoms with Gasteiger partial charge in [-0.25, -0.2) is 4.39 Å². The molecule has 2 aliphatic carbocycles. The van der Waals surface area contributed by atoms with E-state index in [2.05, 4.69) is 34.9 Å². The first-order valence-electron chi connectivity index (χ1n) is 14.7. The van der Waals surface area contributed by atoms with Crippen LogP contribution in [0.2, 0.25) is 0 Å². The number of hydrogen-bond acceptors (Lipinski definition) is 6. The third-order valence-electron chi connectivity index (χ3n) is 10.5. The second-order valence-corrected chi connectivity index (χ2v) is 13.2. The Morgan fingerprint density at radius 1 is 1.08 bits per heavy atom. The predicted octanol–water partition coefficient (Wildman–Crippen LogP) is 4.46. The predicted molar refractivity (Wildman–Crippen MR) is 146 cm³/mol. The number of benzene rings is 1. The molecule has 3 fully saturated rings. The van der Waals surface area contributed by atoms with Crippen molar-refractivity contribution in [2.24, 2.45) is 0 Å². The standard InChI is InChI=1S/C31H41FN4O2/c1-21-6-3-7-25-23(21)8-12-30(25)13-9-24-26(17-30)33-28(34-27(24)35-14-4-10-29(2,37)19-35)38-20-31-11-5-15-36(31)18-22(32)16-31/h3,6-7,22,37H,4-5,8-20H2,1-2H3/t22-,29-,30?,31+/m1/s1. The van der Waals surface area contributed by atoms with E-state index in [0.717, 1.165) is 82.4 Å². The molecule has 5 aliphatic rings. The molecule has 2 aromatic rings. The van der Waals surface area contributed by atoms with Crippen molar-refractivity contribution >= 4 is 5.82 Å². The second kappa shape index (κ2) is 8.88. The molecule has 7 rings (SSSR count). The highest BCUT2D eigenvalue weighted by Crippen LogP contribution is 2.49. The third-order valence-corrected chi connectivity index (χ3v) is 10.5. The van der Waals surface area contributed by atoms with Crippen molar-refractivity contribution in [3.63, 3.8) is 0 Å². The molecule has 4 atom stereocenters. The monoisotopic (exact) mass is 520 g/mol. The molecule has 204 valence electrons. The molecule has 1 spiro atoms. The number of piperidine rings is 1. The fraction of sp³-hybridized carbons (Fsp3) is 0.677. The average Bonchev–Trinajstić information content (AvgIpc) is 3.53. The quantitative estimate of drug-likeness (QED) is 0.642. The van der Waals surface area contributed by atoms with Crippen molar-refractivity contribution in [3.8, 4) is 6.01 Å². The van der Waals surface area contributed by atoms with Crippen LogP contribution in [0.25, 0.3) is 0 Å². The van der Waals surface area contributed by atoms with Gasteiger partial charge in [0.1, 0.15) is 18.6 Å². The molecule has 4 heterocycles. The van der Waals surface area contributed by atoms with E-state index in [1.54, 1.807) is 0 Å².